The minimum absolute atomic E-state index is 0.0138. The van der Waals surface area contributed by atoms with Crippen LogP contribution in [0, 0.1) is 0 Å². The standard InChI is InChI=1S/C30H36N2O7S2/c1-37-23-9-11-24(12-10-23)41(35,36)32(15-17-33)16-18-38-29-20-22(26-21-40-28-8-4-3-7-25(26)28)19-27(39-29)30(34)31-13-5-2-6-14-31/h3-4,7-12,19,21-22,29,33H,2,5-6,13-18,20H2,1H3/t22-,29+/m0/s1. The molecule has 2 atom stereocenters. The Kier molecular flexibility index (Phi) is 9.61. The van der Waals surface area contributed by atoms with Gasteiger partial charge in [-0.3, -0.25) is 4.79 Å². The molecule has 1 amide bonds. The van der Waals surface area contributed by atoms with E-state index in [1.165, 1.54) is 28.2 Å². The van der Waals surface area contributed by atoms with E-state index < -0.39 is 16.3 Å². The summed E-state index contributed by atoms with van der Waals surface area (Å²) in [7, 11) is -2.36. The molecule has 1 aromatic heterocycles. The minimum atomic E-state index is -3.87. The van der Waals surface area contributed by atoms with Crippen LogP contribution in [0.2, 0.25) is 0 Å². The quantitative estimate of drug-likeness (QED) is 0.349. The van der Waals surface area contributed by atoms with Crippen LogP contribution < -0.4 is 4.74 Å². The van der Waals surface area contributed by atoms with E-state index in [1.807, 2.05) is 23.1 Å². The van der Waals surface area contributed by atoms with Crippen molar-refractivity contribution in [2.75, 3.05) is 46.5 Å². The second kappa shape index (κ2) is 13.3. The molecule has 2 aliphatic rings. The van der Waals surface area contributed by atoms with Crippen LogP contribution in [0.4, 0.5) is 0 Å². The third-order valence-corrected chi connectivity index (χ3v) is 10.4. The fourth-order valence-electron chi connectivity index (χ4n) is 5.31. The Morgan fingerprint density at radius 3 is 2.59 bits per heavy atom. The zero-order valence-electron chi connectivity index (χ0n) is 23.1. The van der Waals surface area contributed by atoms with E-state index in [-0.39, 0.29) is 48.8 Å². The van der Waals surface area contributed by atoms with Crippen molar-refractivity contribution in [1.82, 2.24) is 9.21 Å². The number of carbonyl (C=O) groups is 1. The minimum Gasteiger partial charge on any atom is -0.497 e. The predicted octanol–water partition coefficient (Wildman–Crippen LogP) is 4.34. The number of likely N-dealkylation sites (tertiary alicyclic amines) is 1. The van der Waals surface area contributed by atoms with Crippen molar-refractivity contribution in [3.8, 4) is 5.75 Å². The molecule has 0 aliphatic carbocycles. The van der Waals surface area contributed by atoms with Crippen LogP contribution in [-0.2, 0) is 24.3 Å². The maximum Gasteiger partial charge on any atom is 0.288 e. The summed E-state index contributed by atoms with van der Waals surface area (Å²) in [6.45, 7) is 1.04. The number of aliphatic hydroxyl groups is 1. The largest absolute Gasteiger partial charge is 0.497 e. The molecule has 1 N–H and O–H groups in total. The lowest BCUT2D eigenvalue weighted by molar-refractivity contribution is -0.153. The lowest BCUT2D eigenvalue weighted by Crippen LogP contribution is -2.40. The molecule has 9 nitrogen and oxygen atoms in total. The number of methoxy groups -OCH3 is 1. The van der Waals surface area contributed by atoms with E-state index in [9.17, 15) is 18.3 Å². The predicted molar refractivity (Wildman–Crippen MR) is 157 cm³/mol. The van der Waals surface area contributed by atoms with Crippen molar-refractivity contribution in [1.29, 1.82) is 0 Å². The van der Waals surface area contributed by atoms with Crippen LogP contribution in [0.25, 0.3) is 10.1 Å². The summed E-state index contributed by atoms with van der Waals surface area (Å²) in [5.41, 5.74) is 1.12. The molecule has 3 aromatic rings. The number of aliphatic hydroxyl groups excluding tert-OH is 1. The van der Waals surface area contributed by atoms with Gasteiger partial charge in [0.05, 0.1) is 25.2 Å². The highest BCUT2D eigenvalue weighted by molar-refractivity contribution is 7.89. The van der Waals surface area contributed by atoms with Gasteiger partial charge < -0.3 is 24.2 Å². The number of carbonyl (C=O) groups excluding carboxylic acids is 1. The monoisotopic (exact) mass is 600 g/mol. The third-order valence-electron chi connectivity index (χ3n) is 7.51. The molecule has 11 heteroatoms. The van der Waals surface area contributed by atoms with Crippen molar-refractivity contribution in [3.63, 3.8) is 0 Å². The van der Waals surface area contributed by atoms with E-state index in [4.69, 9.17) is 14.2 Å². The second-order valence-corrected chi connectivity index (χ2v) is 13.0. The Hall–Kier alpha value is -2.96. The maximum absolute atomic E-state index is 13.4. The number of amides is 1. The topological polar surface area (TPSA) is 106 Å². The molecule has 5 rings (SSSR count). The van der Waals surface area contributed by atoms with Crippen LogP contribution in [0.3, 0.4) is 0 Å². The Labute approximate surface area is 245 Å². The fraction of sp³-hybridized carbons (Fsp3) is 0.433. The summed E-state index contributed by atoms with van der Waals surface area (Å²) < 4.78 is 46.3. The van der Waals surface area contributed by atoms with E-state index in [0.717, 1.165) is 30.2 Å². The van der Waals surface area contributed by atoms with Crippen LogP contribution in [-0.4, -0.2) is 81.4 Å². The lowest BCUT2D eigenvalue weighted by Gasteiger charge is -2.33. The summed E-state index contributed by atoms with van der Waals surface area (Å²) >= 11 is 1.67. The van der Waals surface area contributed by atoms with Gasteiger partial charge in [0.25, 0.3) is 5.91 Å². The highest BCUT2D eigenvalue weighted by Crippen LogP contribution is 2.38. The molecule has 0 radical (unpaired) electrons. The normalized spacial score (nSPS) is 19.7. The number of sulfonamides is 1. The SMILES string of the molecule is COc1ccc(S(=O)(=O)N(CCO)CCO[C@H]2C[C@@H](c3csc4ccccc34)C=C(C(=O)N3CCCCC3)O2)cc1. The Morgan fingerprint density at radius 2 is 1.85 bits per heavy atom. The summed E-state index contributed by atoms with van der Waals surface area (Å²) in [5, 5.41) is 12.9. The number of fused-ring (bicyclic) bond motifs is 1. The number of thiophene rings is 1. The molecule has 0 saturated carbocycles. The maximum atomic E-state index is 13.4. The molecule has 1 fully saturated rings. The first-order chi connectivity index (χ1) is 19.9. The Morgan fingerprint density at radius 1 is 1.10 bits per heavy atom. The van der Waals surface area contributed by atoms with Crippen molar-refractivity contribution < 1.29 is 32.5 Å². The molecule has 41 heavy (non-hydrogen) atoms. The average molecular weight is 601 g/mol. The smallest absolute Gasteiger partial charge is 0.288 e. The summed E-state index contributed by atoms with van der Waals surface area (Å²) in [4.78, 5) is 15.4. The highest BCUT2D eigenvalue weighted by atomic mass is 32.2. The van der Waals surface area contributed by atoms with Crippen LogP contribution in [0.15, 0.2) is 70.6 Å². The van der Waals surface area contributed by atoms with Crippen LogP contribution >= 0.6 is 11.3 Å². The molecule has 0 bridgehead atoms. The van der Waals surface area contributed by atoms with Crippen molar-refractivity contribution >= 4 is 37.4 Å². The number of piperidine rings is 1. The number of hydrogen-bond donors (Lipinski definition) is 1. The molecular weight excluding hydrogens is 564 g/mol. The number of benzene rings is 2. The highest BCUT2D eigenvalue weighted by Gasteiger charge is 2.33. The number of nitrogens with zero attached hydrogens (tertiary/aromatic N) is 2. The fourth-order valence-corrected chi connectivity index (χ4v) is 7.75. The van der Waals surface area contributed by atoms with E-state index in [2.05, 4.69) is 17.5 Å². The Balaban J connectivity index is 1.32. The van der Waals surface area contributed by atoms with Crippen LogP contribution in [0.5, 0.6) is 5.75 Å². The van der Waals surface area contributed by atoms with E-state index in [1.54, 1.807) is 23.5 Å². The van der Waals surface area contributed by atoms with Gasteiger partial charge in [-0.1, -0.05) is 18.2 Å². The molecule has 0 unspecified atom stereocenters. The summed E-state index contributed by atoms with van der Waals surface area (Å²) in [5.74, 6) is 0.601. The Bertz CT molecular complexity index is 1460. The van der Waals surface area contributed by atoms with Crippen molar-refractivity contribution in [2.45, 2.75) is 42.8 Å². The van der Waals surface area contributed by atoms with Crippen molar-refractivity contribution in [2.24, 2.45) is 0 Å². The molecule has 2 aromatic carbocycles. The number of allylic oxidation sites excluding steroid dienone is 1. The van der Waals surface area contributed by atoms with Crippen LogP contribution in [0.1, 0.15) is 37.2 Å². The van der Waals surface area contributed by atoms with Gasteiger partial charge in [-0.2, -0.15) is 4.31 Å². The van der Waals surface area contributed by atoms with Gasteiger partial charge in [0.1, 0.15) is 5.75 Å². The van der Waals surface area contributed by atoms with Gasteiger partial charge in [0.2, 0.25) is 16.3 Å². The second-order valence-electron chi connectivity index (χ2n) is 10.1. The zero-order chi connectivity index (χ0) is 28.8. The zero-order valence-corrected chi connectivity index (χ0v) is 24.7. The molecular formula is C30H36N2O7S2. The van der Waals surface area contributed by atoms with Gasteiger partial charge in [-0.05, 0) is 72.0 Å². The number of rotatable bonds is 11. The first-order valence-corrected chi connectivity index (χ1v) is 16.2. The number of ether oxygens (including phenoxy) is 3. The first-order valence-electron chi connectivity index (χ1n) is 13.9. The van der Waals surface area contributed by atoms with E-state index in [0.29, 0.717) is 25.3 Å². The molecule has 220 valence electrons. The lowest BCUT2D eigenvalue weighted by atomic mass is 9.92. The third kappa shape index (κ3) is 6.76. The average Bonchev–Trinajstić information content (AvgIpc) is 3.45. The molecule has 2 aliphatic heterocycles. The first kappa shape index (κ1) is 29.5. The number of hydrogen-bond acceptors (Lipinski definition) is 8. The van der Waals surface area contributed by atoms with Gasteiger partial charge >= 0.3 is 0 Å². The van der Waals surface area contributed by atoms with Gasteiger partial charge in [0.15, 0.2) is 5.76 Å². The summed E-state index contributed by atoms with van der Waals surface area (Å²) in [6, 6.07) is 14.3. The van der Waals surface area contributed by atoms with E-state index >= 15 is 0 Å². The van der Waals surface area contributed by atoms with Gasteiger partial charge in [0, 0.05) is 43.2 Å². The molecule has 3 heterocycles. The molecule has 1 saturated heterocycles. The van der Waals surface area contributed by atoms with Crippen molar-refractivity contribution in [3.05, 3.63) is 71.3 Å². The van der Waals surface area contributed by atoms with Gasteiger partial charge in [-0.15, -0.1) is 11.3 Å². The van der Waals surface area contributed by atoms with Gasteiger partial charge in [-0.25, -0.2) is 8.42 Å². The summed E-state index contributed by atoms with van der Waals surface area (Å²) in [6.07, 6.45) is 4.73. The molecule has 0 spiro atoms.